The number of nitrogens with two attached hydrogens (primary N) is 1. The maximum atomic E-state index is 12.1. The Hall–Kier alpha value is -1.63. The van der Waals surface area contributed by atoms with Crippen LogP contribution in [0.2, 0.25) is 0 Å². The number of hydrogen-bond acceptors (Lipinski definition) is 4. The van der Waals surface area contributed by atoms with Crippen LogP contribution in [-0.2, 0) is 14.4 Å². The van der Waals surface area contributed by atoms with Crippen molar-refractivity contribution in [2.45, 2.75) is 77.2 Å². The predicted molar refractivity (Wildman–Crippen MR) is 107 cm³/mol. The Morgan fingerprint density at radius 3 is 2.37 bits per heavy atom. The van der Waals surface area contributed by atoms with Gasteiger partial charge in [0.05, 0.1) is 6.42 Å². The Bertz CT molecular complexity index is 462. The quantitative estimate of drug-likeness (QED) is 0.420. The largest absolute Gasteiger partial charge is 0.368 e. The van der Waals surface area contributed by atoms with Crippen molar-refractivity contribution in [3.05, 3.63) is 0 Å². The summed E-state index contributed by atoms with van der Waals surface area (Å²) < 4.78 is 0. The number of nitrogens with one attached hydrogen (secondary N) is 2. The van der Waals surface area contributed by atoms with Gasteiger partial charge in [-0.25, -0.2) is 0 Å². The van der Waals surface area contributed by atoms with E-state index >= 15 is 0 Å². The Morgan fingerprint density at radius 1 is 1.07 bits per heavy atom. The lowest BCUT2D eigenvalue weighted by atomic mass is 9.94. The van der Waals surface area contributed by atoms with Gasteiger partial charge >= 0.3 is 0 Å². The van der Waals surface area contributed by atoms with Crippen LogP contribution in [0.3, 0.4) is 0 Å². The van der Waals surface area contributed by atoms with Crippen LogP contribution in [-0.4, -0.2) is 55.3 Å². The monoisotopic (exact) mass is 382 g/mol. The van der Waals surface area contributed by atoms with Crippen LogP contribution in [0.1, 0.15) is 71.1 Å². The molecule has 0 saturated carbocycles. The van der Waals surface area contributed by atoms with Gasteiger partial charge in [0.25, 0.3) is 0 Å². The van der Waals surface area contributed by atoms with Crippen molar-refractivity contribution in [3.8, 4) is 0 Å². The third-order valence-corrected chi connectivity index (χ3v) is 5.29. The van der Waals surface area contributed by atoms with Crippen molar-refractivity contribution >= 4 is 17.7 Å². The van der Waals surface area contributed by atoms with Crippen molar-refractivity contribution in [2.75, 3.05) is 26.7 Å². The van der Waals surface area contributed by atoms with E-state index in [0.29, 0.717) is 18.9 Å². The molecule has 0 spiro atoms. The maximum Gasteiger partial charge on any atom is 0.240 e. The lowest BCUT2D eigenvalue weighted by Crippen LogP contribution is -2.47. The summed E-state index contributed by atoms with van der Waals surface area (Å²) in [6.45, 7) is 4.95. The van der Waals surface area contributed by atoms with Crippen molar-refractivity contribution in [1.29, 1.82) is 0 Å². The van der Waals surface area contributed by atoms with Crippen molar-refractivity contribution < 1.29 is 14.4 Å². The van der Waals surface area contributed by atoms with E-state index in [0.717, 1.165) is 58.0 Å². The fourth-order valence-electron chi connectivity index (χ4n) is 3.40. The molecule has 156 valence electrons. The van der Waals surface area contributed by atoms with Crippen LogP contribution >= 0.6 is 0 Å². The molecule has 3 amide bonds. The second kappa shape index (κ2) is 13.5. The molecule has 0 aromatic rings. The van der Waals surface area contributed by atoms with Crippen molar-refractivity contribution in [1.82, 2.24) is 15.5 Å². The summed E-state index contributed by atoms with van der Waals surface area (Å²) >= 11 is 0. The number of amides is 3. The number of nitrogens with zero attached hydrogens (tertiary/aromatic N) is 1. The summed E-state index contributed by atoms with van der Waals surface area (Å²) in [7, 11) is 2.13. The summed E-state index contributed by atoms with van der Waals surface area (Å²) in [6, 6.07) is -0.934. The molecule has 7 nitrogen and oxygen atoms in total. The number of unbranched alkanes of at least 4 members (excludes halogenated alkanes) is 4. The molecule has 1 heterocycles. The number of likely N-dealkylation sites (tertiary alicyclic amines) is 1. The molecule has 1 atom stereocenters. The van der Waals surface area contributed by atoms with Crippen LogP contribution < -0.4 is 16.4 Å². The number of rotatable bonds is 13. The number of primary amides is 1. The second-order valence-corrected chi connectivity index (χ2v) is 7.78. The minimum Gasteiger partial charge on any atom is -0.368 e. The summed E-state index contributed by atoms with van der Waals surface area (Å²) in [6.07, 6.45) is 8.77. The van der Waals surface area contributed by atoms with Gasteiger partial charge in [-0.05, 0) is 51.7 Å². The number of carbonyl (C=O) groups is 3. The molecule has 0 aliphatic carbocycles. The van der Waals surface area contributed by atoms with Gasteiger partial charge in [0.15, 0.2) is 0 Å². The molecule has 7 heteroatoms. The first-order chi connectivity index (χ1) is 12.9. The Morgan fingerprint density at radius 2 is 1.74 bits per heavy atom. The third kappa shape index (κ3) is 11.0. The van der Waals surface area contributed by atoms with Crippen molar-refractivity contribution in [3.63, 3.8) is 0 Å². The molecule has 0 bridgehead atoms. The van der Waals surface area contributed by atoms with E-state index in [-0.39, 0.29) is 18.2 Å². The molecule has 1 fully saturated rings. The van der Waals surface area contributed by atoms with Crippen LogP contribution in [0.15, 0.2) is 0 Å². The molecule has 0 radical (unpaired) electrons. The zero-order chi connectivity index (χ0) is 20.1. The molecule has 0 aromatic carbocycles. The molecule has 1 unspecified atom stereocenters. The third-order valence-electron chi connectivity index (χ3n) is 5.29. The maximum absolute atomic E-state index is 12.1. The lowest BCUT2D eigenvalue weighted by molar-refractivity contribution is -0.130. The molecule has 27 heavy (non-hydrogen) atoms. The minimum absolute atomic E-state index is 0.0929. The molecule has 1 saturated heterocycles. The fraction of sp³-hybridized carbons (Fsp3) is 0.850. The Kier molecular flexibility index (Phi) is 11.7. The highest BCUT2D eigenvalue weighted by Crippen LogP contribution is 2.18. The summed E-state index contributed by atoms with van der Waals surface area (Å²) in [5.74, 6) is -0.481. The van der Waals surface area contributed by atoms with Gasteiger partial charge in [-0.15, -0.1) is 0 Å². The van der Waals surface area contributed by atoms with Crippen LogP contribution in [0.25, 0.3) is 0 Å². The predicted octanol–water partition coefficient (Wildman–Crippen LogP) is 1.56. The van der Waals surface area contributed by atoms with Gasteiger partial charge < -0.3 is 21.3 Å². The molecule has 1 rings (SSSR count). The zero-order valence-electron chi connectivity index (χ0n) is 17.1. The number of carbonyl (C=O) groups excluding carboxylic acids is 3. The van der Waals surface area contributed by atoms with Crippen LogP contribution in [0, 0.1) is 5.92 Å². The Labute approximate surface area is 163 Å². The first kappa shape index (κ1) is 23.4. The molecule has 0 aromatic heterocycles. The van der Waals surface area contributed by atoms with Crippen LogP contribution in [0.5, 0.6) is 0 Å². The van der Waals surface area contributed by atoms with Gasteiger partial charge in [-0.3, -0.25) is 14.4 Å². The highest BCUT2D eigenvalue weighted by molar-refractivity contribution is 5.91. The molecular weight excluding hydrogens is 344 g/mol. The van der Waals surface area contributed by atoms with E-state index in [2.05, 4.69) is 29.5 Å². The van der Waals surface area contributed by atoms with E-state index < -0.39 is 11.9 Å². The van der Waals surface area contributed by atoms with Crippen LogP contribution in [0.4, 0.5) is 0 Å². The SMILES string of the molecule is CCCCCCCC(=O)NC(CC(=O)NCCC1CCN(C)CC1)C(N)=O. The van der Waals surface area contributed by atoms with Gasteiger partial charge in [-0.2, -0.15) is 0 Å². The summed E-state index contributed by atoms with van der Waals surface area (Å²) in [5.41, 5.74) is 5.35. The lowest BCUT2D eigenvalue weighted by Gasteiger charge is -2.28. The van der Waals surface area contributed by atoms with Gasteiger partial charge in [-0.1, -0.05) is 32.6 Å². The fourth-order valence-corrected chi connectivity index (χ4v) is 3.40. The number of hydrogen-bond donors (Lipinski definition) is 3. The van der Waals surface area contributed by atoms with Gasteiger partial charge in [0, 0.05) is 13.0 Å². The second-order valence-electron chi connectivity index (χ2n) is 7.78. The van der Waals surface area contributed by atoms with E-state index in [1.165, 1.54) is 6.42 Å². The molecule has 1 aliphatic heterocycles. The van der Waals surface area contributed by atoms with E-state index in [1.54, 1.807) is 0 Å². The van der Waals surface area contributed by atoms with E-state index in [4.69, 9.17) is 5.73 Å². The van der Waals surface area contributed by atoms with E-state index in [1.807, 2.05) is 0 Å². The van der Waals surface area contributed by atoms with E-state index in [9.17, 15) is 14.4 Å². The highest BCUT2D eigenvalue weighted by Gasteiger charge is 2.22. The van der Waals surface area contributed by atoms with Gasteiger partial charge in [0.1, 0.15) is 6.04 Å². The highest BCUT2D eigenvalue weighted by atomic mass is 16.2. The standard InChI is InChI=1S/C20H38N4O3/c1-3-4-5-6-7-8-18(25)23-17(20(21)27)15-19(26)22-12-9-16-10-13-24(2)14-11-16/h16-17H,3-15H2,1-2H3,(H2,21,27)(H,22,26)(H,23,25). The van der Waals surface area contributed by atoms with Crippen molar-refractivity contribution in [2.24, 2.45) is 11.7 Å². The zero-order valence-corrected chi connectivity index (χ0v) is 17.1. The summed E-state index contributed by atoms with van der Waals surface area (Å²) in [5, 5.41) is 5.46. The first-order valence-corrected chi connectivity index (χ1v) is 10.5. The smallest absolute Gasteiger partial charge is 0.240 e. The minimum atomic E-state index is -0.934. The molecule has 1 aliphatic rings. The molecular formula is C20H38N4O3. The average molecular weight is 383 g/mol. The number of piperidine rings is 1. The normalized spacial score (nSPS) is 16.7. The van der Waals surface area contributed by atoms with Gasteiger partial charge in [0.2, 0.25) is 17.7 Å². The first-order valence-electron chi connectivity index (χ1n) is 10.5. The Balaban J connectivity index is 2.22. The molecule has 4 N–H and O–H groups in total. The summed E-state index contributed by atoms with van der Waals surface area (Å²) in [4.78, 5) is 37.9. The average Bonchev–Trinajstić information content (AvgIpc) is 2.62. The topological polar surface area (TPSA) is 105 Å².